The van der Waals surface area contributed by atoms with Gasteiger partial charge < -0.3 is 15.0 Å². The third kappa shape index (κ3) is 4.87. The second kappa shape index (κ2) is 7.46. The topological polar surface area (TPSA) is 24.5 Å². The largest absolute Gasteiger partial charge is 0.375 e. The summed E-state index contributed by atoms with van der Waals surface area (Å²) in [5, 5.41) is 3.79. The van der Waals surface area contributed by atoms with Crippen molar-refractivity contribution in [2.75, 3.05) is 26.2 Å². The first-order valence-electron chi connectivity index (χ1n) is 7.65. The predicted octanol–water partition coefficient (Wildman–Crippen LogP) is 2.65. The summed E-state index contributed by atoms with van der Waals surface area (Å²) in [5.41, 5.74) is 0.0881. The minimum absolute atomic E-state index is 0.0881. The molecule has 3 unspecified atom stereocenters. The molecule has 1 saturated heterocycles. The molecule has 0 saturated carbocycles. The Balaban J connectivity index is 2.37. The fourth-order valence-electron chi connectivity index (χ4n) is 2.84. The van der Waals surface area contributed by atoms with Gasteiger partial charge in [0.25, 0.3) is 0 Å². The van der Waals surface area contributed by atoms with Crippen LogP contribution in [-0.4, -0.2) is 48.8 Å². The molecule has 0 aromatic rings. The van der Waals surface area contributed by atoms with Gasteiger partial charge in [-0.3, -0.25) is 0 Å². The first-order chi connectivity index (χ1) is 8.53. The van der Waals surface area contributed by atoms with E-state index in [-0.39, 0.29) is 5.60 Å². The number of nitrogens with zero attached hydrogens (tertiary/aromatic N) is 1. The van der Waals surface area contributed by atoms with E-state index in [0.717, 1.165) is 45.5 Å². The number of hydrogen-bond acceptors (Lipinski definition) is 3. The number of nitrogens with one attached hydrogen (secondary N) is 1. The van der Waals surface area contributed by atoms with Crippen LogP contribution in [0.2, 0.25) is 0 Å². The Kier molecular flexibility index (Phi) is 6.61. The van der Waals surface area contributed by atoms with Crippen LogP contribution < -0.4 is 5.32 Å². The van der Waals surface area contributed by atoms with Gasteiger partial charge in [0, 0.05) is 25.2 Å². The molecule has 3 atom stereocenters. The molecule has 18 heavy (non-hydrogen) atoms. The van der Waals surface area contributed by atoms with E-state index in [9.17, 15) is 0 Å². The average molecular weight is 256 g/mol. The highest BCUT2D eigenvalue weighted by molar-refractivity contribution is 4.87. The van der Waals surface area contributed by atoms with Gasteiger partial charge in [-0.1, -0.05) is 20.8 Å². The molecule has 0 bridgehead atoms. The molecule has 0 amide bonds. The van der Waals surface area contributed by atoms with Gasteiger partial charge in [-0.05, 0) is 46.2 Å². The first-order valence-corrected chi connectivity index (χ1v) is 7.65. The number of hydrogen-bond donors (Lipinski definition) is 1. The SMILES string of the molecule is CCN(CC)CC(C)NC1CCOC(C)(CC)C1. The summed E-state index contributed by atoms with van der Waals surface area (Å²) in [4.78, 5) is 2.48. The van der Waals surface area contributed by atoms with Crippen molar-refractivity contribution in [1.82, 2.24) is 10.2 Å². The lowest BCUT2D eigenvalue weighted by Gasteiger charge is -2.39. The molecule has 1 heterocycles. The van der Waals surface area contributed by atoms with Crippen LogP contribution >= 0.6 is 0 Å². The zero-order chi connectivity index (χ0) is 13.6. The molecule has 3 nitrogen and oxygen atoms in total. The van der Waals surface area contributed by atoms with Crippen molar-refractivity contribution in [3.63, 3.8) is 0 Å². The molecule has 0 aromatic heterocycles. The van der Waals surface area contributed by atoms with Gasteiger partial charge in [0.05, 0.1) is 5.60 Å². The smallest absolute Gasteiger partial charge is 0.0666 e. The molecular weight excluding hydrogens is 224 g/mol. The Morgan fingerprint density at radius 2 is 2.00 bits per heavy atom. The summed E-state index contributed by atoms with van der Waals surface area (Å²) < 4.78 is 5.90. The van der Waals surface area contributed by atoms with Gasteiger partial charge in [-0.2, -0.15) is 0 Å². The van der Waals surface area contributed by atoms with Gasteiger partial charge in [0.2, 0.25) is 0 Å². The van der Waals surface area contributed by atoms with Crippen molar-refractivity contribution in [3.05, 3.63) is 0 Å². The Labute approximate surface area is 113 Å². The van der Waals surface area contributed by atoms with Crippen LogP contribution in [0.15, 0.2) is 0 Å². The molecule has 1 rings (SSSR count). The molecular formula is C15H32N2O. The third-order valence-electron chi connectivity index (χ3n) is 4.29. The molecule has 1 fully saturated rings. The van der Waals surface area contributed by atoms with E-state index in [2.05, 4.69) is 44.8 Å². The normalized spacial score (nSPS) is 30.7. The zero-order valence-electron chi connectivity index (χ0n) is 13.0. The third-order valence-corrected chi connectivity index (χ3v) is 4.29. The summed E-state index contributed by atoms with van der Waals surface area (Å²) in [7, 11) is 0. The van der Waals surface area contributed by atoms with E-state index in [1.165, 1.54) is 0 Å². The lowest BCUT2D eigenvalue weighted by atomic mass is 9.89. The van der Waals surface area contributed by atoms with Crippen molar-refractivity contribution < 1.29 is 4.74 Å². The van der Waals surface area contributed by atoms with E-state index < -0.39 is 0 Å². The predicted molar refractivity (Wildman–Crippen MR) is 78.1 cm³/mol. The fourth-order valence-corrected chi connectivity index (χ4v) is 2.84. The van der Waals surface area contributed by atoms with Gasteiger partial charge in [-0.15, -0.1) is 0 Å². The first kappa shape index (κ1) is 15.9. The molecule has 0 radical (unpaired) electrons. The summed E-state index contributed by atoms with van der Waals surface area (Å²) in [6.07, 6.45) is 3.40. The lowest BCUT2D eigenvalue weighted by molar-refractivity contribution is -0.0791. The molecule has 1 N–H and O–H groups in total. The molecule has 3 heteroatoms. The van der Waals surface area contributed by atoms with Gasteiger partial charge in [0.15, 0.2) is 0 Å². The highest BCUT2D eigenvalue weighted by atomic mass is 16.5. The molecule has 108 valence electrons. The second-order valence-corrected chi connectivity index (χ2v) is 5.90. The molecule has 0 aromatic carbocycles. The zero-order valence-corrected chi connectivity index (χ0v) is 13.0. The second-order valence-electron chi connectivity index (χ2n) is 5.90. The summed E-state index contributed by atoms with van der Waals surface area (Å²) in [6, 6.07) is 1.18. The van der Waals surface area contributed by atoms with Crippen molar-refractivity contribution in [3.8, 4) is 0 Å². The molecule has 0 spiro atoms. The van der Waals surface area contributed by atoms with E-state index in [1.807, 2.05) is 0 Å². The van der Waals surface area contributed by atoms with Crippen LogP contribution in [0, 0.1) is 0 Å². The average Bonchev–Trinajstić information content (AvgIpc) is 2.36. The standard InChI is InChI=1S/C15H32N2O/c1-6-15(5)11-14(9-10-18-15)16-13(4)12-17(7-2)8-3/h13-14,16H,6-12H2,1-5H3. The summed E-state index contributed by atoms with van der Waals surface area (Å²) in [5.74, 6) is 0. The number of likely N-dealkylation sites (N-methyl/N-ethyl adjacent to an activating group) is 1. The van der Waals surface area contributed by atoms with Crippen LogP contribution in [0.3, 0.4) is 0 Å². The van der Waals surface area contributed by atoms with Gasteiger partial charge in [0.1, 0.15) is 0 Å². The van der Waals surface area contributed by atoms with Crippen molar-refractivity contribution in [1.29, 1.82) is 0 Å². The maximum absolute atomic E-state index is 5.90. The van der Waals surface area contributed by atoms with Crippen molar-refractivity contribution in [2.45, 2.75) is 71.6 Å². The molecule has 1 aliphatic rings. The van der Waals surface area contributed by atoms with E-state index in [1.54, 1.807) is 0 Å². The highest BCUT2D eigenvalue weighted by Gasteiger charge is 2.31. The Morgan fingerprint density at radius 3 is 2.56 bits per heavy atom. The summed E-state index contributed by atoms with van der Waals surface area (Å²) >= 11 is 0. The monoisotopic (exact) mass is 256 g/mol. The summed E-state index contributed by atoms with van der Waals surface area (Å²) in [6.45, 7) is 15.6. The van der Waals surface area contributed by atoms with Crippen LogP contribution in [0.1, 0.15) is 53.9 Å². The Bertz CT molecular complexity index is 231. The quantitative estimate of drug-likeness (QED) is 0.758. The minimum atomic E-state index is 0.0881. The minimum Gasteiger partial charge on any atom is -0.375 e. The number of rotatable bonds is 7. The van der Waals surface area contributed by atoms with E-state index >= 15 is 0 Å². The maximum Gasteiger partial charge on any atom is 0.0666 e. The maximum atomic E-state index is 5.90. The highest BCUT2D eigenvalue weighted by Crippen LogP contribution is 2.27. The van der Waals surface area contributed by atoms with E-state index in [4.69, 9.17) is 4.74 Å². The van der Waals surface area contributed by atoms with Crippen LogP contribution in [0.5, 0.6) is 0 Å². The van der Waals surface area contributed by atoms with Crippen molar-refractivity contribution in [2.24, 2.45) is 0 Å². The van der Waals surface area contributed by atoms with Crippen LogP contribution in [0.4, 0.5) is 0 Å². The Hall–Kier alpha value is -0.120. The van der Waals surface area contributed by atoms with Gasteiger partial charge >= 0.3 is 0 Å². The van der Waals surface area contributed by atoms with Crippen molar-refractivity contribution >= 4 is 0 Å². The fraction of sp³-hybridized carbons (Fsp3) is 1.00. The lowest BCUT2D eigenvalue weighted by Crippen LogP contribution is -2.50. The number of ether oxygens (including phenoxy) is 1. The van der Waals surface area contributed by atoms with Crippen LogP contribution in [0.25, 0.3) is 0 Å². The molecule has 0 aliphatic carbocycles. The van der Waals surface area contributed by atoms with Gasteiger partial charge in [-0.25, -0.2) is 0 Å². The Morgan fingerprint density at radius 1 is 1.33 bits per heavy atom. The molecule has 1 aliphatic heterocycles. The van der Waals surface area contributed by atoms with E-state index in [0.29, 0.717) is 12.1 Å². The van der Waals surface area contributed by atoms with Crippen LogP contribution in [-0.2, 0) is 4.74 Å².